The summed E-state index contributed by atoms with van der Waals surface area (Å²) in [5, 5.41) is 220. The summed E-state index contributed by atoms with van der Waals surface area (Å²) in [6, 6.07) is 16.8. The smallest absolute Gasteiger partial charge is 0.193 e. The normalized spacial score (nSPS) is 39.5. The van der Waals surface area contributed by atoms with Crippen molar-refractivity contribution in [1.29, 1.82) is 0 Å². The zero-order chi connectivity index (χ0) is 85.9. The first-order chi connectivity index (χ1) is 57.3. The van der Waals surface area contributed by atoms with E-state index < -0.39 is 224 Å². The zero-order valence-corrected chi connectivity index (χ0v) is 67.5. The number of carbonyl (C=O) groups is 1. The largest absolute Gasteiger partial charge is 0.396 e. The maximum absolute atomic E-state index is 12.5. The van der Waals surface area contributed by atoms with E-state index in [-0.39, 0.29) is 37.8 Å². The molecule has 2 aromatic carbocycles. The van der Waals surface area contributed by atoms with E-state index in [1.807, 2.05) is 54.6 Å². The number of benzene rings is 2. The van der Waals surface area contributed by atoms with Gasteiger partial charge in [0.15, 0.2) is 43.5 Å². The quantitative estimate of drug-likeness (QED) is 0.0227. The lowest BCUT2D eigenvalue weighted by molar-refractivity contribution is -0.360. The molecule has 10 aliphatic rings. The molecule has 6 aliphatic heterocycles. The third kappa shape index (κ3) is 27.6. The lowest BCUT2D eigenvalue weighted by Gasteiger charge is -2.56. The summed E-state index contributed by atoms with van der Waals surface area (Å²) in [6.07, 6.45) is -20.6. The number of aliphatic hydroxyl groups is 22. The summed E-state index contributed by atoms with van der Waals surface area (Å²) >= 11 is 0. The van der Waals surface area contributed by atoms with E-state index in [4.69, 9.17) is 71.4 Å². The Hall–Kier alpha value is -3.33. The monoisotopic (exact) mass is 1710 g/mol. The Bertz CT molecular complexity index is 3060. The van der Waals surface area contributed by atoms with E-state index in [0.29, 0.717) is 37.4 Å². The first-order valence-electron chi connectivity index (χ1n) is 42.4. The van der Waals surface area contributed by atoms with Crippen LogP contribution in [-0.2, 0) is 72.9 Å². The molecule has 2 aromatic rings. The number of rotatable bonds is 44. The molecule has 37 nitrogen and oxygen atoms in total. The lowest BCUT2D eigenvalue weighted by Crippen LogP contribution is -2.64. The minimum absolute atomic E-state index is 0.00847. The maximum atomic E-state index is 12.5. The van der Waals surface area contributed by atoms with Crippen molar-refractivity contribution in [2.45, 2.75) is 338 Å². The van der Waals surface area contributed by atoms with Gasteiger partial charge in [-0.1, -0.05) is 132 Å². The predicted molar refractivity (Wildman–Crippen MR) is 411 cm³/mol. The van der Waals surface area contributed by atoms with Crippen molar-refractivity contribution in [3.8, 4) is 0 Å². The topological polar surface area (TPSA) is 591 Å². The molecule has 6 saturated heterocycles. The van der Waals surface area contributed by atoms with E-state index in [2.05, 4.69) is 0 Å². The minimum Gasteiger partial charge on any atom is -0.396 e. The number of hydrogen-bond donors (Lipinski definition) is 22. The Morgan fingerprint density at radius 3 is 0.958 bits per heavy atom. The molecule has 4 saturated carbocycles. The van der Waals surface area contributed by atoms with Crippen molar-refractivity contribution < 1.29 is 183 Å². The van der Waals surface area contributed by atoms with Gasteiger partial charge < -0.3 is 179 Å². The maximum Gasteiger partial charge on any atom is 0.193 e. The van der Waals surface area contributed by atoms with Crippen LogP contribution in [0.1, 0.15) is 163 Å². The van der Waals surface area contributed by atoms with Crippen molar-refractivity contribution in [3.05, 3.63) is 71.3 Å². The average molecular weight is 1710 g/mol. The van der Waals surface area contributed by atoms with Crippen LogP contribution < -0.4 is 0 Å². The molecule has 30 atom stereocenters. The van der Waals surface area contributed by atoms with Gasteiger partial charge in [0.05, 0.1) is 65.1 Å². The van der Waals surface area contributed by atoms with Gasteiger partial charge in [0.2, 0.25) is 0 Å². The summed E-state index contributed by atoms with van der Waals surface area (Å²) in [7, 11) is 0. The highest BCUT2D eigenvalue weighted by Crippen LogP contribution is 2.57. The third-order valence-corrected chi connectivity index (χ3v) is 24.0. The fraction of sp³-hybridized carbons (Fsp3) is 0.841. The second-order valence-electron chi connectivity index (χ2n) is 32.9. The number of ether oxygens (including phenoxy) is 14. The number of unbranched alkanes of at least 4 members (excludes halogenated alkanes) is 14. The Kier molecular flexibility index (Phi) is 42.0. The van der Waals surface area contributed by atoms with Gasteiger partial charge in [0, 0.05) is 37.6 Å². The molecular weight excluding hydrogens is 1580 g/mol. The Morgan fingerprint density at radius 2 is 0.613 bits per heavy atom. The summed E-state index contributed by atoms with van der Waals surface area (Å²) in [6.45, 7) is -1.32. The van der Waals surface area contributed by atoms with Crippen molar-refractivity contribution in [1.82, 2.24) is 0 Å². The Morgan fingerprint density at radius 1 is 0.311 bits per heavy atom. The van der Waals surface area contributed by atoms with Crippen LogP contribution in [0, 0.1) is 17.8 Å². The van der Waals surface area contributed by atoms with E-state index in [1.165, 1.54) is 19.3 Å². The van der Waals surface area contributed by atoms with Crippen LogP contribution in [0.4, 0.5) is 0 Å². The molecule has 119 heavy (non-hydrogen) atoms. The summed E-state index contributed by atoms with van der Waals surface area (Å²) in [5.41, 5.74) is 2.29. The first-order valence-corrected chi connectivity index (χ1v) is 42.4. The van der Waals surface area contributed by atoms with Gasteiger partial charge in [0.1, 0.15) is 146 Å². The molecule has 4 aliphatic carbocycles. The van der Waals surface area contributed by atoms with Crippen LogP contribution >= 0.6 is 0 Å². The van der Waals surface area contributed by atoms with Crippen LogP contribution in [0.2, 0.25) is 0 Å². The molecule has 12 rings (SSSR count). The van der Waals surface area contributed by atoms with Crippen molar-refractivity contribution >= 4 is 5.78 Å². The van der Waals surface area contributed by atoms with Crippen LogP contribution in [-0.4, -0.2) is 387 Å². The van der Waals surface area contributed by atoms with Crippen LogP contribution in [0.15, 0.2) is 54.6 Å². The molecule has 22 N–H and O–H groups in total. The Labute approximate surface area is 692 Å². The van der Waals surface area contributed by atoms with Crippen LogP contribution in [0.3, 0.4) is 0 Å². The van der Waals surface area contributed by atoms with Crippen molar-refractivity contribution in [2.24, 2.45) is 17.8 Å². The number of aliphatic hydroxyl groups excluding tert-OH is 22. The van der Waals surface area contributed by atoms with Crippen LogP contribution in [0.25, 0.3) is 0 Å². The molecule has 4 bridgehead atoms. The highest BCUT2D eigenvalue weighted by Gasteiger charge is 2.56. The predicted octanol–water partition coefficient (Wildman–Crippen LogP) is -3.45. The van der Waals surface area contributed by atoms with E-state index in [0.717, 1.165) is 139 Å². The van der Waals surface area contributed by atoms with Gasteiger partial charge in [-0.15, -0.1) is 0 Å². The highest BCUT2D eigenvalue weighted by molar-refractivity contribution is 6.08. The van der Waals surface area contributed by atoms with E-state index >= 15 is 0 Å². The van der Waals surface area contributed by atoms with E-state index in [1.54, 1.807) is 0 Å². The highest BCUT2D eigenvalue weighted by atomic mass is 16.8. The van der Waals surface area contributed by atoms with Gasteiger partial charge in [-0.05, 0) is 87.5 Å². The summed E-state index contributed by atoms with van der Waals surface area (Å²) in [4.78, 5) is 12.5. The molecule has 0 amide bonds. The molecule has 0 radical (unpaired) electrons. The second kappa shape index (κ2) is 50.3. The fourth-order valence-electron chi connectivity index (χ4n) is 17.4. The van der Waals surface area contributed by atoms with Crippen molar-refractivity contribution in [3.63, 3.8) is 0 Å². The summed E-state index contributed by atoms with van der Waals surface area (Å²) in [5.74, 6) is 2.26. The van der Waals surface area contributed by atoms with Gasteiger partial charge in [-0.3, -0.25) is 4.79 Å². The van der Waals surface area contributed by atoms with Gasteiger partial charge in [-0.2, -0.15) is 0 Å². The average Bonchev–Trinajstić information content (AvgIpc) is 0.707. The summed E-state index contributed by atoms with van der Waals surface area (Å²) < 4.78 is 78.4. The van der Waals surface area contributed by atoms with Gasteiger partial charge in [-0.25, -0.2) is 0 Å². The molecule has 0 aromatic heterocycles. The fourth-order valence-corrected chi connectivity index (χ4v) is 17.4. The SMILES string of the molecule is O=C(c1ccccc1)c1ccc(COCCCCCCCCCCO[C@@H]2OC(CO)[C@@H](O[C@H]3OC(CO)[C@@H](O)[C@H](O)C3O)[C@H](O)C2O)cc1.OCC1O[C@H](O[C@@H]2C(CO)O[C@@H](OCCOC34CC5CC(CC(C5)C3)C4)C(O)[C@H]2O)C(O)[C@@H](O)[C@@H]1O.OCCCCCCCCCCO[C@@H]1OC(CO)[C@@H](O[C@H]2OC(CO)[C@@H](O)[C@H](O)C2O)[C@H](O)C1O. The lowest BCUT2D eigenvalue weighted by atomic mass is 9.54. The molecule has 684 valence electrons. The van der Waals surface area contributed by atoms with E-state index in [9.17, 15) is 112 Å². The molecule has 37 heteroatoms. The number of carbonyl (C=O) groups excluding carboxylic acids is 1. The second-order valence-corrected chi connectivity index (χ2v) is 32.9. The van der Waals surface area contributed by atoms with Gasteiger partial charge >= 0.3 is 0 Å². The van der Waals surface area contributed by atoms with Crippen molar-refractivity contribution in [2.75, 3.05) is 79.3 Å². The molecule has 12 unspecified atom stereocenters. The molecule has 0 spiro atoms. The standard InChI is InChI=1S/C36H52O13.C24H40O12.C22H42O12/c37-20-26-29(40)30(41)32(43)36(47-26)49-34-27(21-38)48-35(33(44)31(34)42)46-19-11-6-4-2-1-3-5-10-18-45-22-23-14-16-25(17-15-23)28(39)24-12-8-7-9-13-24;25-9-14-16(27)17(28)19(30)23(34-14)36-21-15(10-26)35-22(20(31)18(21)29)32-1-2-33-24-6-11-3-12(7-24)5-13(4-11)8-24;23-9-7-5-3-1-2-4-6-8-10-31-21-19(30)17(28)20(14(12-25)33-21)34-22-18(29)16(27)15(26)13(11-24)32-22/h7-9,12-17,26-27,29-38,40-44H,1-6,10-11,18-22H2;11-23,25-31H,1-10H2;13-30H,1-12H2/t26?,27?,29-,30+,31-,32?,33?,34-,35-,36-;11?,12?,13?,14?,15?,16-,17+,18-,19?,20?,21-,22-,23-,24?;13?,14?,15-,16+,17-,18?,19?,20-,21-,22-/m111/s1. The number of hydrogen-bond acceptors (Lipinski definition) is 37. The van der Waals surface area contributed by atoms with Crippen LogP contribution in [0.5, 0.6) is 0 Å². The minimum atomic E-state index is -1.72. The third-order valence-electron chi connectivity index (χ3n) is 24.0. The molecular formula is C82H134O37. The first kappa shape index (κ1) is 99.4. The number of ketones is 1. The molecule has 6 heterocycles. The zero-order valence-electron chi connectivity index (χ0n) is 67.5. The van der Waals surface area contributed by atoms with Gasteiger partial charge in [0.25, 0.3) is 0 Å². The Balaban J connectivity index is 0.000000208. The molecule has 10 fully saturated rings.